The maximum atomic E-state index is 12.5. The van der Waals surface area contributed by atoms with Crippen LogP contribution in [-0.4, -0.2) is 34.8 Å². The van der Waals surface area contributed by atoms with Gasteiger partial charge in [0.15, 0.2) is 0 Å². The number of non-ortho nitro benzene ring substituents is 1. The second-order valence-corrected chi connectivity index (χ2v) is 4.25. The molecule has 0 amide bonds. The third-order valence-electron chi connectivity index (χ3n) is 2.74. The van der Waals surface area contributed by atoms with E-state index in [2.05, 4.69) is 0 Å². The minimum absolute atomic E-state index is 0.0159. The molecule has 0 saturated heterocycles. The van der Waals surface area contributed by atoms with Crippen LogP contribution in [0.4, 0.5) is 11.4 Å². The number of carbonyl (C=O) groups excluding carboxylic acids is 2. The maximum Gasteiger partial charge on any atom is 0.345 e. The Kier molecular flexibility index (Phi) is 6.53. The van der Waals surface area contributed by atoms with Gasteiger partial charge < -0.3 is 9.47 Å². The lowest BCUT2D eigenvalue weighted by Gasteiger charge is -2.07. The van der Waals surface area contributed by atoms with Crippen molar-refractivity contribution in [1.82, 2.24) is 0 Å². The molecule has 0 bridgehead atoms. The van der Waals surface area contributed by atoms with Crippen LogP contribution in [0, 0.1) is 20.2 Å². The van der Waals surface area contributed by atoms with Crippen molar-refractivity contribution in [3.63, 3.8) is 0 Å². The van der Waals surface area contributed by atoms with E-state index < -0.39 is 44.1 Å². The Bertz CT molecular complexity index is 711. The predicted molar refractivity (Wildman–Crippen MR) is 80.4 cm³/mol. The zero-order valence-electron chi connectivity index (χ0n) is 12.9. The smallest absolute Gasteiger partial charge is 0.345 e. The van der Waals surface area contributed by atoms with Gasteiger partial charge in [-0.25, -0.2) is 4.79 Å². The summed E-state index contributed by atoms with van der Waals surface area (Å²) in [5.41, 5.74) is -2.37. The number of nitro benzene ring substituents is 2. The number of hydrogen-bond acceptors (Lipinski definition) is 8. The van der Waals surface area contributed by atoms with Crippen molar-refractivity contribution in [1.29, 1.82) is 0 Å². The summed E-state index contributed by atoms with van der Waals surface area (Å²) in [6, 6.07) is 2.50. The second-order valence-electron chi connectivity index (χ2n) is 4.25. The molecule has 0 atom stereocenters. The van der Waals surface area contributed by atoms with Gasteiger partial charge in [-0.15, -0.1) is 0 Å². The van der Waals surface area contributed by atoms with Crippen molar-refractivity contribution in [2.24, 2.45) is 0 Å². The Morgan fingerprint density at radius 3 is 2.29 bits per heavy atom. The van der Waals surface area contributed by atoms with Crippen molar-refractivity contribution in [2.75, 3.05) is 13.2 Å². The van der Waals surface area contributed by atoms with Crippen LogP contribution in [0.25, 0.3) is 0 Å². The number of ketones is 1. The molecule has 0 unspecified atom stereocenters. The molecular formula is C14H14N2O8. The van der Waals surface area contributed by atoms with E-state index >= 15 is 0 Å². The first-order chi connectivity index (χ1) is 11.3. The fourth-order valence-corrected chi connectivity index (χ4v) is 1.69. The van der Waals surface area contributed by atoms with Gasteiger partial charge >= 0.3 is 5.97 Å². The maximum absolute atomic E-state index is 12.5. The lowest BCUT2D eigenvalue weighted by atomic mass is 10.0. The van der Waals surface area contributed by atoms with Gasteiger partial charge in [-0.1, -0.05) is 0 Å². The molecule has 10 heteroatoms. The van der Waals surface area contributed by atoms with E-state index in [1.54, 1.807) is 6.92 Å². The zero-order valence-corrected chi connectivity index (χ0v) is 12.9. The molecule has 1 aromatic carbocycles. The van der Waals surface area contributed by atoms with E-state index in [9.17, 15) is 29.8 Å². The molecule has 0 heterocycles. The Morgan fingerprint density at radius 2 is 1.79 bits per heavy atom. The highest BCUT2D eigenvalue weighted by Gasteiger charge is 2.30. The lowest BCUT2D eigenvalue weighted by Crippen LogP contribution is -2.18. The quantitative estimate of drug-likeness (QED) is 0.103. The highest BCUT2D eigenvalue weighted by Crippen LogP contribution is 2.27. The minimum Gasteiger partial charge on any atom is -0.500 e. The van der Waals surface area contributed by atoms with Gasteiger partial charge in [0, 0.05) is 6.07 Å². The SMILES string of the molecule is CCOC=C(C(=O)OCC)C(=O)c1ccc([N+](=O)[O-])cc1[N+](=O)[O-]. The van der Waals surface area contributed by atoms with Crippen LogP contribution in [0.3, 0.4) is 0 Å². The van der Waals surface area contributed by atoms with Crippen molar-refractivity contribution in [3.05, 3.63) is 55.8 Å². The Labute approximate surface area is 136 Å². The molecule has 24 heavy (non-hydrogen) atoms. The van der Waals surface area contributed by atoms with E-state index in [1.165, 1.54) is 6.92 Å². The first-order valence-electron chi connectivity index (χ1n) is 6.79. The van der Waals surface area contributed by atoms with E-state index in [0.717, 1.165) is 18.4 Å². The Hall–Kier alpha value is -3.30. The molecule has 1 aromatic rings. The third kappa shape index (κ3) is 4.35. The molecule has 0 aliphatic carbocycles. The van der Waals surface area contributed by atoms with Crippen LogP contribution in [0.2, 0.25) is 0 Å². The van der Waals surface area contributed by atoms with E-state index in [-0.39, 0.29) is 13.2 Å². The van der Waals surface area contributed by atoms with Crippen molar-refractivity contribution in [3.8, 4) is 0 Å². The monoisotopic (exact) mass is 338 g/mol. The van der Waals surface area contributed by atoms with Gasteiger partial charge in [0.2, 0.25) is 5.78 Å². The molecule has 0 spiro atoms. The van der Waals surface area contributed by atoms with Crippen molar-refractivity contribution in [2.45, 2.75) is 13.8 Å². The number of esters is 1. The second kappa shape index (κ2) is 8.36. The van der Waals surface area contributed by atoms with Crippen LogP contribution >= 0.6 is 0 Å². The predicted octanol–water partition coefficient (Wildman–Crippen LogP) is 2.17. The summed E-state index contributed by atoms with van der Waals surface area (Å²) in [7, 11) is 0. The fraction of sp³-hybridized carbons (Fsp3) is 0.286. The largest absolute Gasteiger partial charge is 0.500 e. The highest BCUT2D eigenvalue weighted by molar-refractivity contribution is 6.25. The van der Waals surface area contributed by atoms with Crippen LogP contribution < -0.4 is 0 Å². The summed E-state index contributed by atoms with van der Waals surface area (Å²) in [6.45, 7) is 3.27. The Morgan fingerprint density at radius 1 is 1.12 bits per heavy atom. The number of Topliss-reactive ketones (excluding diaryl/α,β-unsaturated/α-hetero) is 1. The number of hydrogen-bond donors (Lipinski definition) is 0. The number of ether oxygens (including phenoxy) is 2. The van der Waals surface area contributed by atoms with Crippen molar-refractivity contribution < 1.29 is 28.9 Å². The van der Waals surface area contributed by atoms with Crippen LogP contribution in [0.1, 0.15) is 24.2 Å². The van der Waals surface area contributed by atoms with Gasteiger partial charge in [-0.05, 0) is 19.9 Å². The summed E-state index contributed by atoms with van der Waals surface area (Å²) in [5.74, 6) is -2.04. The summed E-state index contributed by atoms with van der Waals surface area (Å²) < 4.78 is 9.63. The van der Waals surface area contributed by atoms with Crippen molar-refractivity contribution >= 4 is 23.1 Å². The number of carbonyl (C=O) groups is 2. The topological polar surface area (TPSA) is 139 Å². The highest BCUT2D eigenvalue weighted by atomic mass is 16.6. The lowest BCUT2D eigenvalue weighted by molar-refractivity contribution is -0.394. The fourth-order valence-electron chi connectivity index (χ4n) is 1.69. The summed E-state index contributed by atoms with van der Waals surface area (Å²) in [4.78, 5) is 44.3. The summed E-state index contributed by atoms with van der Waals surface area (Å²) in [6.07, 6.45) is 0.853. The third-order valence-corrected chi connectivity index (χ3v) is 2.74. The number of rotatable bonds is 8. The molecule has 0 saturated carbocycles. The Balaban J connectivity index is 3.39. The molecular weight excluding hydrogens is 324 g/mol. The number of nitro groups is 2. The first-order valence-corrected chi connectivity index (χ1v) is 6.79. The molecule has 1 rings (SSSR count). The number of nitrogens with zero attached hydrogens (tertiary/aromatic N) is 2. The van der Waals surface area contributed by atoms with E-state index in [1.807, 2.05) is 0 Å². The van der Waals surface area contributed by atoms with Gasteiger partial charge in [-0.3, -0.25) is 25.0 Å². The molecule has 0 aliphatic heterocycles. The van der Waals surface area contributed by atoms with E-state index in [0.29, 0.717) is 6.07 Å². The summed E-state index contributed by atoms with van der Waals surface area (Å²) >= 11 is 0. The summed E-state index contributed by atoms with van der Waals surface area (Å²) in [5, 5.41) is 21.8. The molecule has 0 N–H and O–H groups in total. The molecule has 0 aliphatic rings. The van der Waals surface area contributed by atoms with Gasteiger partial charge in [0.25, 0.3) is 11.4 Å². The van der Waals surface area contributed by atoms with Crippen LogP contribution in [0.15, 0.2) is 30.0 Å². The molecule has 0 aromatic heterocycles. The molecule has 0 radical (unpaired) electrons. The molecule has 128 valence electrons. The molecule has 10 nitrogen and oxygen atoms in total. The van der Waals surface area contributed by atoms with Gasteiger partial charge in [0.1, 0.15) is 17.4 Å². The normalized spacial score (nSPS) is 10.8. The standard InChI is InChI=1S/C14H14N2O8/c1-3-23-8-11(14(18)24-4-2)13(17)10-6-5-9(15(19)20)7-12(10)16(21)22/h5-8H,3-4H2,1-2H3. The first kappa shape index (κ1) is 18.7. The average Bonchev–Trinajstić information content (AvgIpc) is 2.54. The van der Waals surface area contributed by atoms with E-state index in [4.69, 9.17) is 9.47 Å². The number of benzene rings is 1. The van der Waals surface area contributed by atoms with Crippen LogP contribution in [0.5, 0.6) is 0 Å². The average molecular weight is 338 g/mol. The zero-order chi connectivity index (χ0) is 18.3. The van der Waals surface area contributed by atoms with Gasteiger partial charge in [0.05, 0.1) is 29.1 Å². The molecule has 0 fully saturated rings. The minimum atomic E-state index is -1.02. The van der Waals surface area contributed by atoms with Gasteiger partial charge in [-0.2, -0.15) is 0 Å². The van der Waals surface area contributed by atoms with Crippen LogP contribution in [-0.2, 0) is 14.3 Å².